The first-order valence-corrected chi connectivity index (χ1v) is 7.64. The molecule has 0 unspecified atom stereocenters. The van der Waals surface area contributed by atoms with Crippen molar-refractivity contribution in [1.82, 2.24) is 20.2 Å². The third-order valence-electron chi connectivity index (χ3n) is 3.65. The second kappa shape index (κ2) is 7.39. The highest BCUT2D eigenvalue weighted by Crippen LogP contribution is 2.25. The van der Waals surface area contributed by atoms with Crippen molar-refractivity contribution in [3.63, 3.8) is 0 Å². The van der Waals surface area contributed by atoms with Crippen LogP contribution in [-0.2, 0) is 0 Å². The van der Waals surface area contributed by atoms with Gasteiger partial charge in [-0.3, -0.25) is 4.79 Å². The summed E-state index contributed by atoms with van der Waals surface area (Å²) in [5.41, 5.74) is 1.88. The number of hydrogen-bond donors (Lipinski definition) is 0. The lowest BCUT2D eigenvalue weighted by Gasteiger charge is -2.22. The van der Waals surface area contributed by atoms with Crippen LogP contribution in [0, 0.1) is 0 Å². The molecule has 3 aromatic rings. The fraction of sp³-hybridized carbons (Fsp3) is 0.111. The molecule has 0 aliphatic carbocycles. The second-order valence-corrected chi connectivity index (χ2v) is 5.18. The Labute approximate surface area is 145 Å². The Morgan fingerprint density at radius 1 is 1.28 bits per heavy atom. The number of carbonyl (C=O) groups is 1. The second-order valence-electron chi connectivity index (χ2n) is 5.18. The van der Waals surface area contributed by atoms with Gasteiger partial charge in [0, 0.05) is 17.8 Å². The highest BCUT2D eigenvalue weighted by atomic mass is 16.5. The fourth-order valence-electron chi connectivity index (χ4n) is 2.47. The zero-order valence-corrected chi connectivity index (χ0v) is 13.7. The first-order valence-electron chi connectivity index (χ1n) is 7.64. The van der Waals surface area contributed by atoms with Gasteiger partial charge in [-0.05, 0) is 40.8 Å². The average Bonchev–Trinajstić information content (AvgIpc) is 3.20. The standard InChI is InChI=1S/C18H17N5O2/c1-3-11-22(15-7-5-4-6-8-15)18(24)14-9-10-17(25-2)16(12-14)23-13-19-20-21-23/h3-10,12-13H,1,11H2,2H3. The first-order chi connectivity index (χ1) is 12.2. The third-order valence-corrected chi connectivity index (χ3v) is 3.65. The van der Waals surface area contributed by atoms with Crippen LogP contribution in [0.1, 0.15) is 10.4 Å². The molecule has 0 aliphatic rings. The number of anilines is 1. The molecule has 0 radical (unpaired) electrons. The number of carbonyl (C=O) groups excluding carboxylic acids is 1. The van der Waals surface area contributed by atoms with E-state index in [-0.39, 0.29) is 5.91 Å². The summed E-state index contributed by atoms with van der Waals surface area (Å²) in [5, 5.41) is 11.1. The summed E-state index contributed by atoms with van der Waals surface area (Å²) in [5.74, 6) is 0.418. The molecule has 0 N–H and O–H groups in total. The van der Waals surface area contributed by atoms with Crippen molar-refractivity contribution in [2.75, 3.05) is 18.6 Å². The van der Waals surface area contributed by atoms with Crippen molar-refractivity contribution < 1.29 is 9.53 Å². The smallest absolute Gasteiger partial charge is 0.258 e. The Bertz CT molecular complexity index is 862. The van der Waals surface area contributed by atoms with Crippen LogP contribution in [0.2, 0.25) is 0 Å². The first kappa shape index (κ1) is 16.4. The Balaban J connectivity index is 2.01. The lowest BCUT2D eigenvalue weighted by Crippen LogP contribution is -2.31. The average molecular weight is 335 g/mol. The molecule has 1 aromatic heterocycles. The van der Waals surface area contributed by atoms with Gasteiger partial charge < -0.3 is 9.64 Å². The van der Waals surface area contributed by atoms with Gasteiger partial charge in [0.05, 0.1) is 7.11 Å². The summed E-state index contributed by atoms with van der Waals surface area (Å²) in [6.45, 7) is 4.14. The van der Waals surface area contributed by atoms with Gasteiger partial charge in [-0.2, -0.15) is 4.68 Å². The molecule has 1 amide bonds. The summed E-state index contributed by atoms with van der Waals surface area (Å²) < 4.78 is 6.79. The van der Waals surface area contributed by atoms with Gasteiger partial charge >= 0.3 is 0 Å². The molecule has 25 heavy (non-hydrogen) atoms. The number of amides is 1. The minimum Gasteiger partial charge on any atom is -0.494 e. The molecular weight excluding hydrogens is 318 g/mol. The molecule has 0 spiro atoms. The lowest BCUT2D eigenvalue weighted by atomic mass is 10.1. The van der Waals surface area contributed by atoms with E-state index in [1.807, 2.05) is 30.3 Å². The van der Waals surface area contributed by atoms with Crippen LogP contribution in [0.5, 0.6) is 5.75 Å². The number of aromatic nitrogens is 4. The molecule has 0 aliphatic heterocycles. The molecule has 126 valence electrons. The van der Waals surface area contributed by atoms with Gasteiger partial charge in [0.15, 0.2) is 0 Å². The van der Waals surface area contributed by atoms with Crippen LogP contribution in [-0.4, -0.2) is 39.8 Å². The van der Waals surface area contributed by atoms with Crippen molar-refractivity contribution in [3.8, 4) is 11.4 Å². The SMILES string of the molecule is C=CCN(C(=O)c1ccc(OC)c(-n2cnnn2)c1)c1ccccc1. The van der Waals surface area contributed by atoms with Crippen LogP contribution in [0.15, 0.2) is 67.5 Å². The quantitative estimate of drug-likeness (QED) is 0.647. The molecule has 7 heteroatoms. The molecule has 0 saturated carbocycles. The van der Waals surface area contributed by atoms with E-state index in [1.165, 1.54) is 11.0 Å². The summed E-state index contributed by atoms with van der Waals surface area (Å²) in [7, 11) is 1.55. The van der Waals surface area contributed by atoms with Gasteiger partial charge in [-0.15, -0.1) is 11.7 Å². The molecule has 1 heterocycles. The maximum atomic E-state index is 13.0. The van der Waals surface area contributed by atoms with Gasteiger partial charge in [-0.25, -0.2) is 0 Å². The van der Waals surface area contributed by atoms with E-state index < -0.39 is 0 Å². The minimum absolute atomic E-state index is 0.150. The van der Waals surface area contributed by atoms with Crippen LogP contribution < -0.4 is 9.64 Å². The topological polar surface area (TPSA) is 73.1 Å². The number of tetrazole rings is 1. The van der Waals surface area contributed by atoms with Crippen molar-refractivity contribution in [2.45, 2.75) is 0 Å². The van der Waals surface area contributed by atoms with Crippen molar-refractivity contribution in [3.05, 3.63) is 73.1 Å². The van der Waals surface area contributed by atoms with Gasteiger partial charge in [0.1, 0.15) is 17.8 Å². The number of benzene rings is 2. The van der Waals surface area contributed by atoms with Crippen LogP contribution >= 0.6 is 0 Å². The molecule has 0 atom stereocenters. The van der Waals surface area contributed by atoms with Gasteiger partial charge in [0.25, 0.3) is 5.91 Å². The number of hydrogen-bond acceptors (Lipinski definition) is 5. The van der Waals surface area contributed by atoms with E-state index in [9.17, 15) is 4.79 Å². The van der Waals surface area contributed by atoms with E-state index in [2.05, 4.69) is 22.1 Å². The normalized spacial score (nSPS) is 10.3. The molecule has 0 bridgehead atoms. The highest BCUT2D eigenvalue weighted by Gasteiger charge is 2.19. The summed E-state index contributed by atoms with van der Waals surface area (Å²) in [6, 6.07) is 14.6. The van der Waals surface area contributed by atoms with E-state index in [4.69, 9.17) is 4.74 Å². The molecule has 7 nitrogen and oxygen atoms in total. The molecule has 0 fully saturated rings. The van der Waals surface area contributed by atoms with Gasteiger partial charge in [0.2, 0.25) is 0 Å². The number of ether oxygens (including phenoxy) is 1. The maximum absolute atomic E-state index is 13.0. The Morgan fingerprint density at radius 3 is 2.72 bits per heavy atom. The van der Waals surface area contributed by atoms with E-state index >= 15 is 0 Å². The zero-order valence-electron chi connectivity index (χ0n) is 13.7. The van der Waals surface area contributed by atoms with Crippen LogP contribution in [0.25, 0.3) is 5.69 Å². The number of para-hydroxylation sites is 1. The van der Waals surface area contributed by atoms with Crippen LogP contribution in [0.4, 0.5) is 5.69 Å². The lowest BCUT2D eigenvalue weighted by molar-refractivity contribution is 0.0989. The van der Waals surface area contributed by atoms with Crippen molar-refractivity contribution in [2.24, 2.45) is 0 Å². The zero-order chi connectivity index (χ0) is 17.6. The Morgan fingerprint density at radius 2 is 2.08 bits per heavy atom. The molecule has 0 saturated heterocycles. The Hall–Kier alpha value is -3.48. The van der Waals surface area contributed by atoms with Crippen LogP contribution in [0.3, 0.4) is 0 Å². The summed E-state index contributed by atoms with van der Waals surface area (Å²) in [6.07, 6.45) is 3.14. The van der Waals surface area contributed by atoms with E-state index in [0.717, 1.165) is 5.69 Å². The Kier molecular flexibility index (Phi) is 4.84. The predicted molar refractivity (Wildman–Crippen MR) is 94.0 cm³/mol. The van der Waals surface area contributed by atoms with E-state index in [0.29, 0.717) is 23.5 Å². The molecule has 3 rings (SSSR count). The molecular formula is C18H17N5O2. The monoisotopic (exact) mass is 335 g/mol. The third kappa shape index (κ3) is 3.40. The van der Waals surface area contributed by atoms with E-state index in [1.54, 1.807) is 36.3 Å². The maximum Gasteiger partial charge on any atom is 0.258 e. The number of nitrogens with zero attached hydrogens (tertiary/aromatic N) is 5. The van der Waals surface area contributed by atoms with Crippen molar-refractivity contribution >= 4 is 11.6 Å². The summed E-state index contributed by atoms with van der Waals surface area (Å²) in [4.78, 5) is 14.7. The number of methoxy groups -OCH3 is 1. The summed E-state index contributed by atoms with van der Waals surface area (Å²) >= 11 is 0. The molecule has 2 aromatic carbocycles. The minimum atomic E-state index is -0.150. The van der Waals surface area contributed by atoms with Gasteiger partial charge in [-0.1, -0.05) is 24.3 Å². The number of rotatable bonds is 6. The highest BCUT2D eigenvalue weighted by molar-refractivity contribution is 6.06. The fourth-order valence-corrected chi connectivity index (χ4v) is 2.47. The predicted octanol–water partition coefficient (Wildman–Crippen LogP) is 2.50. The largest absolute Gasteiger partial charge is 0.494 e. The van der Waals surface area contributed by atoms with Crippen molar-refractivity contribution in [1.29, 1.82) is 0 Å².